The number of fused-ring (bicyclic) bond motifs is 6. The Bertz CT molecular complexity index is 7580. The highest BCUT2D eigenvalue weighted by molar-refractivity contribution is 7.98. The maximum Gasteiger partial charge on any atom is 0.174 e. The molecule has 0 aliphatic rings. The van der Waals surface area contributed by atoms with Crippen molar-refractivity contribution in [1.29, 1.82) is 0 Å². The molecule has 0 aromatic heterocycles. The lowest BCUT2D eigenvalue weighted by molar-refractivity contribution is 0.476. The van der Waals surface area contributed by atoms with Crippen molar-refractivity contribution in [2.45, 2.75) is 73.4 Å². The van der Waals surface area contributed by atoms with Gasteiger partial charge in [-0.1, -0.05) is 315 Å². The summed E-state index contributed by atoms with van der Waals surface area (Å²) >= 11 is 0. The van der Waals surface area contributed by atoms with Gasteiger partial charge in [0.1, 0.15) is 5.75 Å². The van der Waals surface area contributed by atoms with Crippen molar-refractivity contribution in [2.75, 3.05) is 0 Å². The summed E-state index contributed by atoms with van der Waals surface area (Å²) < 4.78 is 0. The van der Waals surface area contributed by atoms with Crippen LogP contribution in [-0.2, 0) is 54.5 Å². The topological polar surface area (TPSA) is 20.2 Å². The standard InChI is InChI=1S/C30H21S.C28H19S.C22H16OS.2C22H17S.5CH3/c1-4-10-25-19-28(16-13-22(25)7-1)31(29-17-14-23-8-2-5-11-26(23)20-29)30-18-15-24-9-3-6-12-27(24)21-30;1-3-10-23(11-4-1)29(24-12-5-2-6-13-24)26-19-17-22-15-14-20-8-7-9-21-16-18-25(26)28(22)27(20)21;23-19-13-11-18-16-22(14-12-17(18)15-19)24(20-7-3-1-4-8-20)21-9-5-2-6-10-21;1-3-12-19(13-4-1)23(20-14-5-2-6-15-20)22-17-9-11-18-10-7-8-16-21(18)22;1-3-11-20(12-4-1)23(21-13-5-2-6-14-21)22-16-15-18-9-7-8-10-19(18)17-22;;;;;/h1-21H;1-19H;1-16H;2*1-17H;5*1H3/q2*+1;;2*+1;5*-1/p+1. The van der Waals surface area contributed by atoms with Gasteiger partial charge < -0.3 is 42.2 Å². The van der Waals surface area contributed by atoms with E-state index in [-0.39, 0.29) is 91.6 Å². The molecule has 24 aromatic carbocycles. The van der Waals surface area contributed by atoms with E-state index in [0.29, 0.717) is 5.75 Å². The zero-order chi connectivity index (χ0) is 87.2. The quantitative estimate of drug-likeness (QED) is 0.0616. The molecule has 24 aromatic rings. The fraction of sp³-hybridized carbons (Fsp3) is 0. The van der Waals surface area contributed by atoms with E-state index in [2.05, 4.69) is 528 Å². The second kappa shape index (κ2) is 45.2. The molecule has 0 saturated carbocycles. The Morgan fingerprint density at radius 2 is 0.326 bits per heavy atom. The van der Waals surface area contributed by atoms with E-state index in [9.17, 15) is 5.11 Å². The lowest BCUT2D eigenvalue weighted by atomic mass is 9.94. The highest BCUT2D eigenvalue weighted by Gasteiger charge is 2.35. The molecule has 658 valence electrons. The number of aromatic hydroxyl groups is 1. The Kier molecular flexibility index (Phi) is 31.9. The second-order valence-corrected chi connectivity index (χ2v) is 41.7. The van der Waals surface area contributed by atoms with Gasteiger partial charge in [-0.2, -0.15) is 0 Å². The first-order valence-electron chi connectivity index (χ1n) is 43.9. The number of hydrogen-bond acceptors (Lipinski definition) is 1. The van der Waals surface area contributed by atoms with Gasteiger partial charge in [0.2, 0.25) is 0 Å². The molecule has 1 N–H and O–H groups in total. The van der Waals surface area contributed by atoms with Gasteiger partial charge in [0.15, 0.2) is 73.4 Å². The predicted molar refractivity (Wildman–Crippen MR) is 590 cm³/mol. The van der Waals surface area contributed by atoms with Crippen LogP contribution < -0.4 is 0 Å². The molecule has 1 nitrogen and oxygen atoms in total. The van der Waals surface area contributed by atoms with Crippen LogP contribution in [0.5, 0.6) is 5.75 Å². The summed E-state index contributed by atoms with van der Waals surface area (Å²) in [5.41, 5.74) is 0. The number of rotatable bonds is 15. The number of phenolic OH excluding ortho intramolecular Hbond substituents is 1. The summed E-state index contributed by atoms with van der Waals surface area (Å²) in [6.45, 7) is 0. The average Bonchev–Trinajstić information content (AvgIpc) is 0.728. The highest BCUT2D eigenvalue weighted by atomic mass is 32.2. The van der Waals surface area contributed by atoms with Gasteiger partial charge in [0.25, 0.3) is 0 Å². The largest absolute Gasteiger partial charge is 0.508 e. The van der Waals surface area contributed by atoms with Gasteiger partial charge in [-0.05, 0) is 281 Å². The molecule has 0 spiro atoms. The van der Waals surface area contributed by atoms with Crippen LogP contribution in [0.3, 0.4) is 0 Å². The minimum absolute atomic E-state index is 0. The molecule has 0 aliphatic heterocycles. The van der Waals surface area contributed by atoms with Gasteiger partial charge in [-0.15, -0.1) is 0 Å². The van der Waals surface area contributed by atoms with Crippen LogP contribution in [0.1, 0.15) is 0 Å². The smallest absolute Gasteiger partial charge is 0.174 e. The van der Waals surface area contributed by atoms with Crippen LogP contribution >= 0.6 is 0 Å². The second-order valence-electron chi connectivity index (χ2n) is 31.7. The normalized spacial score (nSPS) is 10.9. The zero-order valence-corrected chi connectivity index (χ0v) is 80.5. The molecule has 0 atom stereocenters. The van der Waals surface area contributed by atoms with E-state index in [1.54, 1.807) is 6.07 Å². The van der Waals surface area contributed by atoms with Crippen molar-refractivity contribution in [2.24, 2.45) is 0 Å². The van der Waals surface area contributed by atoms with Gasteiger partial charge >= 0.3 is 0 Å². The van der Waals surface area contributed by atoms with E-state index in [0.717, 1.165) is 10.8 Å². The van der Waals surface area contributed by atoms with Gasteiger partial charge in [0, 0.05) is 46.5 Å². The fourth-order valence-electron chi connectivity index (χ4n) is 17.2. The molecule has 0 saturated heterocycles. The molecule has 24 rings (SSSR count). The van der Waals surface area contributed by atoms with Crippen molar-refractivity contribution < 1.29 is 5.11 Å². The highest BCUT2D eigenvalue weighted by Crippen LogP contribution is 2.44. The Labute approximate surface area is 811 Å². The van der Waals surface area contributed by atoms with E-state index < -0.39 is 0 Å². The van der Waals surface area contributed by atoms with Crippen LogP contribution in [0.25, 0.3) is 97.0 Å². The molecule has 0 radical (unpaired) electrons. The maximum atomic E-state index is 9.67. The summed E-state index contributed by atoms with van der Waals surface area (Å²) in [6.07, 6.45) is 0. The van der Waals surface area contributed by atoms with Crippen LogP contribution in [-0.4, -0.2) is 5.11 Å². The molecule has 135 heavy (non-hydrogen) atoms. The number of benzene rings is 24. The third-order valence-electron chi connectivity index (χ3n) is 23.4. The van der Waals surface area contributed by atoms with Crippen LogP contribution in [0, 0.1) is 37.1 Å². The van der Waals surface area contributed by atoms with Gasteiger partial charge in [-0.25, -0.2) is 0 Å². The van der Waals surface area contributed by atoms with Crippen molar-refractivity contribution >= 4 is 151 Å². The Morgan fingerprint density at radius 3 is 0.667 bits per heavy atom. The lowest BCUT2D eigenvalue weighted by Gasteiger charge is -2.14. The Morgan fingerprint density at radius 1 is 0.119 bits per heavy atom. The van der Waals surface area contributed by atoms with Crippen molar-refractivity contribution in [3.05, 3.63) is 583 Å². The predicted octanol–water partition coefficient (Wildman–Crippen LogP) is 35.7. The molecule has 0 fully saturated rings. The third-order valence-corrected chi connectivity index (χ3v) is 34.5. The summed E-state index contributed by atoms with van der Waals surface area (Å²) in [7, 11) is -0.628. The number of phenols is 1. The van der Waals surface area contributed by atoms with Crippen molar-refractivity contribution in [1.82, 2.24) is 0 Å². The first-order chi connectivity index (χ1) is 64.4. The van der Waals surface area contributed by atoms with Crippen molar-refractivity contribution in [3.8, 4) is 5.75 Å². The molecule has 6 heteroatoms. The zero-order valence-electron chi connectivity index (χ0n) is 76.4. The minimum Gasteiger partial charge on any atom is -0.508 e. The Hall–Kier alpha value is -14.6. The summed E-state index contributed by atoms with van der Waals surface area (Å²) in [6, 6.07) is 196. The average molecular weight is 1830 g/mol. The summed E-state index contributed by atoms with van der Waals surface area (Å²) in [5, 5.41) is 32.9. The molecule has 0 amide bonds. The Balaban J connectivity index is 0.000000128. The molecular formula is C129H106OS5. The summed E-state index contributed by atoms with van der Waals surface area (Å²) in [4.78, 5) is 20.2. The van der Waals surface area contributed by atoms with Gasteiger partial charge in [0.05, 0.1) is 54.5 Å². The molecule has 0 bridgehead atoms. The van der Waals surface area contributed by atoms with E-state index in [1.165, 1.54) is 160 Å². The minimum atomic E-state index is -0.183. The van der Waals surface area contributed by atoms with E-state index in [4.69, 9.17) is 0 Å². The van der Waals surface area contributed by atoms with Crippen LogP contribution in [0.2, 0.25) is 0 Å². The maximum absolute atomic E-state index is 9.67. The molecular weight excluding hydrogens is 1730 g/mol. The van der Waals surface area contributed by atoms with E-state index in [1.807, 2.05) is 12.1 Å². The molecule has 0 unspecified atom stereocenters. The van der Waals surface area contributed by atoms with Crippen LogP contribution in [0.4, 0.5) is 0 Å². The van der Waals surface area contributed by atoms with Gasteiger partial charge in [-0.3, -0.25) is 0 Å². The first-order valence-corrected chi connectivity index (χ1v) is 50.0. The molecule has 0 heterocycles. The van der Waals surface area contributed by atoms with Crippen LogP contribution in [0.15, 0.2) is 619 Å². The lowest BCUT2D eigenvalue weighted by Crippen LogP contribution is -2.05. The number of hydrogen-bond donors (Lipinski definition) is 1. The molecule has 0 aliphatic carbocycles. The fourth-order valence-corrected chi connectivity index (χ4v) is 28.1. The first kappa shape index (κ1) is 95.1. The monoisotopic (exact) mass is 1830 g/mol. The SMILES string of the molecule is Oc1ccc2cc([S+](c3ccccc3)c3ccccc3)ccc2c1.[CH3-].[CH3-].[CH3-].[CH3-].[CH3-].c1ccc([S+](c2ccccc2)c2ccc3ccc4cccc5ccc2c3c45)cc1.c1ccc([S+](c2ccccc2)c2ccc3ccccc3c2)cc1.c1ccc([S+](c2ccccc2)c2cccc3ccccc23)cc1.c1ccc2cc([S+](c3ccc4ccccc4c3)c3ccc4ccccc4c3)ccc2c1. The van der Waals surface area contributed by atoms with Crippen molar-refractivity contribution in [3.63, 3.8) is 0 Å². The third kappa shape index (κ3) is 21.4. The summed E-state index contributed by atoms with van der Waals surface area (Å²) in [5.74, 6) is 0.306. The van der Waals surface area contributed by atoms with E-state index >= 15 is 0 Å².